The average Bonchev–Trinajstić information content (AvgIpc) is 2.61. The lowest BCUT2D eigenvalue weighted by atomic mass is 10.1. The van der Waals surface area contributed by atoms with Gasteiger partial charge in [0, 0.05) is 30.7 Å². The molecule has 0 saturated heterocycles. The molecule has 0 saturated carbocycles. The normalized spacial score (nSPS) is 12.7. The van der Waals surface area contributed by atoms with Crippen LogP contribution in [0, 0.1) is 0 Å². The molecule has 0 radical (unpaired) electrons. The molecule has 0 fully saturated rings. The third-order valence-corrected chi connectivity index (χ3v) is 3.78. The maximum Gasteiger partial charge on any atom is 0.433 e. The minimum Gasteiger partial charge on any atom is -0.386 e. The zero-order valence-corrected chi connectivity index (χ0v) is 14.3. The van der Waals surface area contributed by atoms with Crippen LogP contribution < -0.4 is 0 Å². The fraction of sp³-hybridized carbons (Fsp3) is 0.389. The monoisotopic (exact) mass is 367 g/mol. The first-order valence-electron chi connectivity index (χ1n) is 8.19. The third-order valence-electron chi connectivity index (χ3n) is 3.78. The van der Waals surface area contributed by atoms with E-state index in [0.29, 0.717) is 18.5 Å². The van der Waals surface area contributed by atoms with E-state index in [-0.39, 0.29) is 24.4 Å². The van der Waals surface area contributed by atoms with E-state index in [4.69, 9.17) is 0 Å². The summed E-state index contributed by atoms with van der Waals surface area (Å²) in [5.74, 6) is -0.353. The van der Waals surface area contributed by atoms with Crippen molar-refractivity contribution in [3.8, 4) is 0 Å². The highest BCUT2D eigenvalue weighted by Gasteiger charge is 2.32. The van der Waals surface area contributed by atoms with Crippen molar-refractivity contribution in [3.05, 3.63) is 59.7 Å². The second-order valence-electron chi connectivity index (χ2n) is 5.87. The van der Waals surface area contributed by atoms with Gasteiger partial charge >= 0.3 is 6.18 Å². The van der Waals surface area contributed by atoms with Gasteiger partial charge < -0.3 is 10.0 Å². The predicted octanol–water partition coefficient (Wildman–Crippen LogP) is 3.01. The number of halogens is 3. The summed E-state index contributed by atoms with van der Waals surface area (Å²) < 4.78 is 38.2. The maximum absolute atomic E-state index is 12.7. The third kappa shape index (κ3) is 5.52. The van der Waals surface area contributed by atoms with Crippen LogP contribution in [0.3, 0.4) is 0 Å². The molecule has 0 aliphatic rings. The molecule has 0 aliphatic heterocycles. The predicted molar refractivity (Wildman–Crippen MR) is 89.0 cm³/mol. The van der Waals surface area contributed by atoms with Gasteiger partial charge in [-0.2, -0.15) is 13.2 Å². The molecule has 2 rings (SSSR count). The average molecular weight is 367 g/mol. The molecule has 1 N–H and O–H groups in total. The van der Waals surface area contributed by atoms with E-state index in [1.165, 1.54) is 17.2 Å². The molecular formula is C18H20F3N3O2. The molecule has 140 valence electrons. The van der Waals surface area contributed by atoms with Crippen LogP contribution in [0.1, 0.15) is 36.3 Å². The van der Waals surface area contributed by atoms with Crippen LogP contribution in [0.4, 0.5) is 13.2 Å². The van der Waals surface area contributed by atoms with Crippen LogP contribution in [0.15, 0.2) is 42.9 Å². The van der Waals surface area contributed by atoms with Gasteiger partial charge in [0.05, 0.1) is 19.1 Å². The number of aromatic nitrogens is 2. The molecule has 8 heteroatoms. The van der Waals surface area contributed by atoms with E-state index >= 15 is 0 Å². The van der Waals surface area contributed by atoms with Gasteiger partial charge in [0.2, 0.25) is 5.91 Å². The van der Waals surface area contributed by atoms with E-state index in [1.54, 1.807) is 18.3 Å². The van der Waals surface area contributed by atoms with Crippen molar-refractivity contribution < 1.29 is 23.1 Å². The molecule has 0 bridgehead atoms. The van der Waals surface area contributed by atoms with Crippen LogP contribution >= 0.6 is 0 Å². The minimum absolute atomic E-state index is 0.0512. The Morgan fingerprint density at radius 2 is 2.08 bits per heavy atom. The Kier molecular flexibility index (Phi) is 6.68. The second kappa shape index (κ2) is 8.75. The number of alkyl halides is 3. The Morgan fingerprint density at radius 3 is 2.69 bits per heavy atom. The van der Waals surface area contributed by atoms with Gasteiger partial charge in [-0.3, -0.25) is 14.8 Å². The lowest BCUT2D eigenvalue weighted by molar-refractivity contribution is -0.141. The highest BCUT2D eigenvalue weighted by molar-refractivity contribution is 5.78. The van der Waals surface area contributed by atoms with E-state index in [2.05, 4.69) is 9.97 Å². The van der Waals surface area contributed by atoms with Gasteiger partial charge in [-0.1, -0.05) is 13.0 Å². The van der Waals surface area contributed by atoms with E-state index in [1.807, 2.05) is 6.92 Å². The van der Waals surface area contributed by atoms with Crippen molar-refractivity contribution in [2.24, 2.45) is 0 Å². The number of pyridine rings is 2. The molecule has 0 spiro atoms. The molecule has 0 aromatic carbocycles. The minimum atomic E-state index is -4.56. The number of aliphatic hydroxyl groups excluding tert-OH is 1. The van der Waals surface area contributed by atoms with Gasteiger partial charge in [-0.05, 0) is 30.2 Å². The first-order chi connectivity index (χ1) is 12.3. The number of hydrogen-bond acceptors (Lipinski definition) is 4. The number of nitrogens with zero attached hydrogens (tertiary/aromatic N) is 3. The fourth-order valence-electron chi connectivity index (χ4n) is 2.50. The molecular weight excluding hydrogens is 347 g/mol. The standard InChI is InChI=1S/C18H20F3N3O2/c1-2-8-24(12-15(25)14-4-3-6-22-11-14)17(26)10-13-5-7-23-16(9-13)18(19,20)21/h3-7,9,11,15,25H,2,8,10,12H2,1H3/t15-/m1/s1. The summed E-state index contributed by atoms with van der Waals surface area (Å²) in [5.41, 5.74) is -0.223. The highest BCUT2D eigenvalue weighted by atomic mass is 19.4. The Bertz CT molecular complexity index is 723. The molecule has 0 aliphatic carbocycles. The van der Waals surface area contributed by atoms with Gasteiger partial charge in [0.15, 0.2) is 0 Å². The van der Waals surface area contributed by atoms with Crippen LogP contribution in [-0.4, -0.2) is 39.0 Å². The smallest absolute Gasteiger partial charge is 0.386 e. The Hall–Kier alpha value is -2.48. The number of rotatable bonds is 7. The molecule has 1 atom stereocenters. The zero-order chi connectivity index (χ0) is 19.2. The summed E-state index contributed by atoms with van der Waals surface area (Å²) in [7, 11) is 0. The van der Waals surface area contributed by atoms with Gasteiger partial charge in [-0.15, -0.1) is 0 Å². The molecule has 5 nitrogen and oxygen atoms in total. The summed E-state index contributed by atoms with van der Waals surface area (Å²) in [6, 6.07) is 5.64. The lowest BCUT2D eigenvalue weighted by Crippen LogP contribution is -2.36. The number of aliphatic hydroxyl groups is 1. The van der Waals surface area contributed by atoms with E-state index in [0.717, 1.165) is 12.3 Å². The summed E-state index contributed by atoms with van der Waals surface area (Å²) in [6.07, 6.45) is -0.868. The number of hydrogen-bond donors (Lipinski definition) is 1. The van der Waals surface area contributed by atoms with Gasteiger partial charge in [0.25, 0.3) is 0 Å². The number of carbonyl (C=O) groups is 1. The highest BCUT2D eigenvalue weighted by Crippen LogP contribution is 2.27. The molecule has 1 amide bonds. The Morgan fingerprint density at radius 1 is 1.31 bits per heavy atom. The van der Waals surface area contributed by atoms with Crippen molar-refractivity contribution in [3.63, 3.8) is 0 Å². The van der Waals surface area contributed by atoms with E-state index < -0.39 is 18.0 Å². The lowest BCUT2D eigenvalue weighted by Gasteiger charge is -2.25. The SMILES string of the molecule is CCCN(C[C@@H](O)c1cccnc1)C(=O)Cc1ccnc(C(F)(F)F)c1. The molecule has 2 aromatic rings. The number of amides is 1. The summed E-state index contributed by atoms with van der Waals surface area (Å²) >= 11 is 0. The van der Waals surface area contributed by atoms with Crippen molar-refractivity contribution in [1.82, 2.24) is 14.9 Å². The second-order valence-corrected chi connectivity index (χ2v) is 5.87. The topological polar surface area (TPSA) is 66.3 Å². The van der Waals surface area contributed by atoms with Crippen molar-refractivity contribution >= 4 is 5.91 Å². The van der Waals surface area contributed by atoms with Crippen LogP contribution in [0.2, 0.25) is 0 Å². The first-order valence-corrected chi connectivity index (χ1v) is 8.19. The van der Waals surface area contributed by atoms with Crippen molar-refractivity contribution in [2.75, 3.05) is 13.1 Å². The summed E-state index contributed by atoms with van der Waals surface area (Å²) in [6.45, 7) is 2.33. The van der Waals surface area contributed by atoms with Crippen molar-refractivity contribution in [2.45, 2.75) is 32.0 Å². The molecule has 2 aromatic heterocycles. The molecule has 0 unspecified atom stereocenters. The zero-order valence-electron chi connectivity index (χ0n) is 14.3. The first kappa shape index (κ1) is 19.8. The summed E-state index contributed by atoms with van der Waals surface area (Å²) in [5, 5.41) is 10.3. The Balaban J connectivity index is 2.09. The van der Waals surface area contributed by atoms with Gasteiger partial charge in [-0.25, -0.2) is 0 Å². The fourth-order valence-corrected chi connectivity index (χ4v) is 2.50. The Labute approximate surface area is 149 Å². The maximum atomic E-state index is 12.7. The van der Waals surface area contributed by atoms with Crippen LogP contribution in [-0.2, 0) is 17.4 Å². The van der Waals surface area contributed by atoms with Gasteiger partial charge in [0.1, 0.15) is 5.69 Å². The van der Waals surface area contributed by atoms with E-state index in [9.17, 15) is 23.1 Å². The largest absolute Gasteiger partial charge is 0.433 e. The molecule has 26 heavy (non-hydrogen) atoms. The quantitative estimate of drug-likeness (QED) is 0.817. The van der Waals surface area contributed by atoms with Crippen LogP contribution in [0.25, 0.3) is 0 Å². The summed E-state index contributed by atoms with van der Waals surface area (Å²) in [4.78, 5) is 21.2. The van der Waals surface area contributed by atoms with Crippen LogP contribution in [0.5, 0.6) is 0 Å². The number of carbonyl (C=O) groups excluding carboxylic acids is 1. The molecule has 2 heterocycles. The van der Waals surface area contributed by atoms with Crippen molar-refractivity contribution in [1.29, 1.82) is 0 Å².